The van der Waals surface area contributed by atoms with Crippen LogP contribution in [-0.4, -0.2) is 38.0 Å². The van der Waals surface area contributed by atoms with Gasteiger partial charge in [-0.3, -0.25) is 4.79 Å². The molecule has 5 nitrogen and oxygen atoms in total. The van der Waals surface area contributed by atoms with Crippen molar-refractivity contribution in [1.29, 1.82) is 0 Å². The van der Waals surface area contributed by atoms with Crippen LogP contribution in [-0.2, 0) is 9.53 Å². The molecular formula is C12H16O5. The number of hydrogen-bond donors (Lipinski definition) is 1. The second kappa shape index (κ2) is 6.75. The summed E-state index contributed by atoms with van der Waals surface area (Å²) in [5, 5.41) is 9.46. The summed E-state index contributed by atoms with van der Waals surface area (Å²) >= 11 is 0. The lowest BCUT2D eigenvalue weighted by Crippen LogP contribution is -2.21. The SMILES string of the molecule is COC(=O)C[C@H](O)COc1ccc(OC)cc1. The van der Waals surface area contributed by atoms with Crippen molar-refractivity contribution < 1.29 is 24.1 Å². The lowest BCUT2D eigenvalue weighted by molar-refractivity contribution is -0.143. The third-order valence-electron chi connectivity index (χ3n) is 2.13. The van der Waals surface area contributed by atoms with E-state index in [0.29, 0.717) is 5.75 Å². The maximum atomic E-state index is 10.9. The third-order valence-corrected chi connectivity index (χ3v) is 2.13. The Hall–Kier alpha value is -1.75. The first-order valence-electron chi connectivity index (χ1n) is 5.17. The van der Waals surface area contributed by atoms with Gasteiger partial charge < -0.3 is 19.3 Å². The molecule has 0 fully saturated rings. The van der Waals surface area contributed by atoms with Crippen LogP contribution in [0.4, 0.5) is 0 Å². The molecule has 0 bridgehead atoms. The molecule has 94 valence electrons. The lowest BCUT2D eigenvalue weighted by Gasteiger charge is -2.11. The highest BCUT2D eigenvalue weighted by atomic mass is 16.5. The molecule has 0 saturated carbocycles. The van der Waals surface area contributed by atoms with Crippen molar-refractivity contribution in [1.82, 2.24) is 0 Å². The molecule has 0 aliphatic heterocycles. The number of ether oxygens (including phenoxy) is 3. The number of benzene rings is 1. The highest BCUT2D eigenvalue weighted by molar-refractivity contribution is 5.69. The Morgan fingerprint density at radius 1 is 1.24 bits per heavy atom. The number of methoxy groups -OCH3 is 2. The van der Waals surface area contributed by atoms with E-state index in [1.165, 1.54) is 7.11 Å². The van der Waals surface area contributed by atoms with Crippen LogP contribution in [0.3, 0.4) is 0 Å². The Labute approximate surface area is 99.9 Å². The molecule has 0 amide bonds. The quantitative estimate of drug-likeness (QED) is 0.751. The van der Waals surface area contributed by atoms with Crippen LogP contribution in [0.5, 0.6) is 11.5 Å². The molecule has 1 N–H and O–H groups in total. The van der Waals surface area contributed by atoms with Crippen molar-refractivity contribution in [3.05, 3.63) is 24.3 Å². The molecular weight excluding hydrogens is 224 g/mol. The molecule has 17 heavy (non-hydrogen) atoms. The summed E-state index contributed by atoms with van der Waals surface area (Å²) in [5.74, 6) is 0.873. The van der Waals surface area contributed by atoms with Gasteiger partial charge in [-0.1, -0.05) is 0 Å². The first-order chi connectivity index (χ1) is 8.15. The van der Waals surface area contributed by atoms with Crippen LogP contribution in [0.1, 0.15) is 6.42 Å². The van der Waals surface area contributed by atoms with Gasteiger partial charge in [0.05, 0.1) is 26.7 Å². The van der Waals surface area contributed by atoms with E-state index in [-0.39, 0.29) is 13.0 Å². The average Bonchev–Trinajstić information content (AvgIpc) is 2.36. The van der Waals surface area contributed by atoms with Crippen LogP contribution in [0.15, 0.2) is 24.3 Å². The highest BCUT2D eigenvalue weighted by Gasteiger charge is 2.11. The van der Waals surface area contributed by atoms with Crippen LogP contribution in [0, 0.1) is 0 Å². The zero-order chi connectivity index (χ0) is 12.7. The first-order valence-corrected chi connectivity index (χ1v) is 5.17. The van der Waals surface area contributed by atoms with Crippen molar-refractivity contribution in [3.8, 4) is 11.5 Å². The molecule has 0 aromatic heterocycles. The molecule has 0 radical (unpaired) electrons. The van der Waals surface area contributed by atoms with E-state index in [2.05, 4.69) is 4.74 Å². The minimum absolute atomic E-state index is 0.0431. The zero-order valence-corrected chi connectivity index (χ0v) is 9.88. The van der Waals surface area contributed by atoms with Gasteiger partial charge in [-0.25, -0.2) is 0 Å². The monoisotopic (exact) mass is 240 g/mol. The number of aliphatic hydroxyl groups excluding tert-OH is 1. The van der Waals surface area contributed by atoms with Crippen LogP contribution < -0.4 is 9.47 Å². The van der Waals surface area contributed by atoms with Crippen molar-refractivity contribution in [3.63, 3.8) is 0 Å². The minimum atomic E-state index is -0.871. The van der Waals surface area contributed by atoms with Crippen LogP contribution >= 0.6 is 0 Å². The van der Waals surface area contributed by atoms with Gasteiger partial charge in [-0.15, -0.1) is 0 Å². The lowest BCUT2D eigenvalue weighted by atomic mass is 10.2. The molecule has 0 aliphatic rings. The second-order valence-electron chi connectivity index (χ2n) is 3.42. The van der Waals surface area contributed by atoms with E-state index in [1.807, 2.05) is 0 Å². The Morgan fingerprint density at radius 3 is 2.35 bits per heavy atom. The maximum absolute atomic E-state index is 10.9. The molecule has 0 spiro atoms. The minimum Gasteiger partial charge on any atom is -0.497 e. The predicted octanol–water partition coefficient (Wildman–Crippen LogP) is 0.998. The summed E-state index contributed by atoms with van der Waals surface area (Å²) in [5.41, 5.74) is 0. The number of carbonyl (C=O) groups excluding carboxylic acids is 1. The second-order valence-corrected chi connectivity index (χ2v) is 3.42. The largest absolute Gasteiger partial charge is 0.497 e. The predicted molar refractivity (Wildman–Crippen MR) is 61.1 cm³/mol. The number of carbonyl (C=O) groups is 1. The third kappa shape index (κ3) is 4.74. The van der Waals surface area contributed by atoms with E-state index in [9.17, 15) is 9.90 Å². The summed E-state index contributed by atoms with van der Waals surface area (Å²) < 4.78 is 14.7. The molecule has 1 atom stereocenters. The summed E-state index contributed by atoms with van der Waals surface area (Å²) in [7, 11) is 2.86. The molecule has 0 saturated heterocycles. The van der Waals surface area contributed by atoms with E-state index in [4.69, 9.17) is 9.47 Å². The number of hydrogen-bond acceptors (Lipinski definition) is 5. The molecule has 1 aromatic rings. The van der Waals surface area contributed by atoms with Gasteiger partial charge in [0.15, 0.2) is 0 Å². The fraction of sp³-hybridized carbons (Fsp3) is 0.417. The summed E-state index contributed by atoms with van der Waals surface area (Å²) in [6.07, 6.45) is -0.948. The van der Waals surface area contributed by atoms with Gasteiger partial charge in [-0.2, -0.15) is 0 Å². The first kappa shape index (κ1) is 13.3. The molecule has 1 rings (SSSR count). The Kier molecular flexibility index (Phi) is 5.29. The Morgan fingerprint density at radius 2 is 1.82 bits per heavy atom. The average molecular weight is 240 g/mol. The maximum Gasteiger partial charge on any atom is 0.308 e. The fourth-order valence-corrected chi connectivity index (χ4v) is 1.20. The van der Waals surface area contributed by atoms with E-state index < -0.39 is 12.1 Å². The highest BCUT2D eigenvalue weighted by Crippen LogP contribution is 2.17. The van der Waals surface area contributed by atoms with Crippen molar-refractivity contribution >= 4 is 5.97 Å². The summed E-state index contributed by atoms with van der Waals surface area (Å²) in [6.45, 7) is 0.0431. The van der Waals surface area contributed by atoms with Gasteiger partial charge in [0.2, 0.25) is 0 Å². The van der Waals surface area contributed by atoms with Gasteiger partial charge in [0.1, 0.15) is 18.1 Å². The van der Waals surface area contributed by atoms with E-state index in [1.54, 1.807) is 31.4 Å². The number of esters is 1. The molecule has 0 aliphatic carbocycles. The summed E-state index contributed by atoms with van der Waals surface area (Å²) in [6, 6.07) is 6.96. The van der Waals surface area contributed by atoms with E-state index in [0.717, 1.165) is 5.75 Å². The van der Waals surface area contributed by atoms with Gasteiger partial charge in [-0.05, 0) is 24.3 Å². The Balaban J connectivity index is 2.36. The van der Waals surface area contributed by atoms with Crippen molar-refractivity contribution in [2.75, 3.05) is 20.8 Å². The number of rotatable bonds is 6. The van der Waals surface area contributed by atoms with Gasteiger partial charge in [0.25, 0.3) is 0 Å². The van der Waals surface area contributed by atoms with Crippen LogP contribution in [0.25, 0.3) is 0 Å². The van der Waals surface area contributed by atoms with Crippen LogP contribution in [0.2, 0.25) is 0 Å². The molecule has 1 aromatic carbocycles. The number of aliphatic hydroxyl groups is 1. The molecule has 0 heterocycles. The molecule has 0 unspecified atom stereocenters. The van der Waals surface area contributed by atoms with Gasteiger partial charge in [0, 0.05) is 0 Å². The molecule has 5 heteroatoms. The van der Waals surface area contributed by atoms with Crippen molar-refractivity contribution in [2.45, 2.75) is 12.5 Å². The Bertz CT molecular complexity index is 346. The van der Waals surface area contributed by atoms with Crippen molar-refractivity contribution in [2.24, 2.45) is 0 Å². The normalized spacial score (nSPS) is 11.7. The summed E-state index contributed by atoms with van der Waals surface area (Å²) in [4.78, 5) is 10.9. The standard InChI is InChI=1S/C12H16O5/c1-15-10-3-5-11(6-4-10)17-8-9(13)7-12(14)16-2/h3-6,9,13H,7-8H2,1-2H3/t9-/m0/s1. The topological polar surface area (TPSA) is 65.0 Å². The van der Waals surface area contributed by atoms with E-state index >= 15 is 0 Å². The van der Waals surface area contributed by atoms with Gasteiger partial charge >= 0.3 is 5.97 Å². The smallest absolute Gasteiger partial charge is 0.308 e. The zero-order valence-electron chi connectivity index (χ0n) is 9.88. The fourth-order valence-electron chi connectivity index (χ4n) is 1.20.